The predicted octanol–water partition coefficient (Wildman–Crippen LogP) is 2.11. The van der Waals surface area contributed by atoms with Crippen molar-refractivity contribution in [2.24, 2.45) is 0 Å². The van der Waals surface area contributed by atoms with Crippen LogP contribution in [0.2, 0.25) is 0 Å². The fraction of sp³-hybridized carbons (Fsp3) is 0.278. The number of carbonyl (C=O) groups excluding carboxylic acids is 1. The van der Waals surface area contributed by atoms with Crippen LogP contribution in [-0.4, -0.2) is 46.9 Å². The van der Waals surface area contributed by atoms with Gasteiger partial charge in [-0.25, -0.2) is 21.2 Å². The molecule has 0 aromatic heterocycles. The van der Waals surface area contributed by atoms with Crippen molar-refractivity contribution in [2.45, 2.75) is 23.6 Å². The number of likely N-dealkylation sites (N-methyl/N-ethyl adjacent to an activating group) is 1. The van der Waals surface area contributed by atoms with Gasteiger partial charge in [0.05, 0.1) is 22.0 Å². The third-order valence-corrected chi connectivity index (χ3v) is 7.10. The van der Waals surface area contributed by atoms with Gasteiger partial charge in [0.2, 0.25) is 15.9 Å². The number of halogens is 1. The summed E-state index contributed by atoms with van der Waals surface area (Å²) >= 11 is 0. The van der Waals surface area contributed by atoms with Gasteiger partial charge < -0.3 is 5.32 Å². The van der Waals surface area contributed by atoms with E-state index in [-0.39, 0.29) is 15.5 Å². The highest BCUT2D eigenvalue weighted by Crippen LogP contribution is 2.21. The maximum atomic E-state index is 13.9. The zero-order valence-corrected chi connectivity index (χ0v) is 17.5. The fourth-order valence-electron chi connectivity index (χ4n) is 2.36. The second-order valence-electron chi connectivity index (χ2n) is 6.47. The average Bonchev–Trinajstić information content (AvgIpc) is 2.58. The molecule has 0 aliphatic rings. The summed E-state index contributed by atoms with van der Waals surface area (Å²) in [4.78, 5) is 12.1. The molecule has 0 atom stereocenters. The van der Waals surface area contributed by atoms with Crippen molar-refractivity contribution in [1.29, 1.82) is 0 Å². The molecular formula is C18H21FN2O5S2. The molecule has 0 fully saturated rings. The molecule has 28 heavy (non-hydrogen) atoms. The molecule has 0 radical (unpaired) electrons. The number of amides is 1. The van der Waals surface area contributed by atoms with E-state index >= 15 is 0 Å². The third-order valence-electron chi connectivity index (χ3n) is 4.19. The van der Waals surface area contributed by atoms with Gasteiger partial charge in [0.1, 0.15) is 5.82 Å². The molecule has 2 rings (SSSR count). The quantitative estimate of drug-likeness (QED) is 0.710. The van der Waals surface area contributed by atoms with Gasteiger partial charge in [-0.2, -0.15) is 4.31 Å². The van der Waals surface area contributed by atoms with Crippen molar-refractivity contribution >= 4 is 31.5 Å². The van der Waals surface area contributed by atoms with Crippen molar-refractivity contribution in [3.8, 4) is 0 Å². The Hall–Kier alpha value is -2.30. The molecule has 0 saturated carbocycles. The number of nitrogens with zero attached hydrogens (tertiary/aromatic N) is 1. The zero-order valence-electron chi connectivity index (χ0n) is 15.9. The maximum absolute atomic E-state index is 13.9. The second kappa shape index (κ2) is 7.98. The molecule has 0 aliphatic heterocycles. The largest absolute Gasteiger partial charge is 0.322 e. The summed E-state index contributed by atoms with van der Waals surface area (Å²) in [6.45, 7) is 3.05. The van der Waals surface area contributed by atoms with Crippen molar-refractivity contribution in [1.82, 2.24) is 4.31 Å². The van der Waals surface area contributed by atoms with Gasteiger partial charge in [0, 0.05) is 13.3 Å². The Kier molecular flexibility index (Phi) is 6.27. The van der Waals surface area contributed by atoms with Crippen LogP contribution in [0.25, 0.3) is 0 Å². The van der Waals surface area contributed by atoms with Crippen molar-refractivity contribution < 1.29 is 26.0 Å². The fourth-order valence-corrected chi connectivity index (χ4v) is 4.22. The van der Waals surface area contributed by atoms with Crippen molar-refractivity contribution in [2.75, 3.05) is 25.2 Å². The van der Waals surface area contributed by atoms with Gasteiger partial charge in [-0.05, 0) is 55.3 Å². The first-order valence-electron chi connectivity index (χ1n) is 8.15. The van der Waals surface area contributed by atoms with Crippen LogP contribution in [0.5, 0.6) is 0 Å². The number of sulfonamides is 1. The lowest BCUT2D eigenvalue weighted by molar-refractivity contribution is -0.116. The van der Waals surface area contributed by atoms with Gasteiger partial charge in [-0.1, -0.05) is 6.07 Å². The van der Waals surface area contributed by atoms with E-state index in [9.17, 15) is 26.0 Å². The number of nitrogens with one attached hydrogen (secondary N) is 1. The minimum atomic E-state index is -3.92. The molecule has 2 aromatic rings. The Labute approximate surface area is 164 Å². The summed E-state index contributed by atoms with van der Waals surface area (Å²) in [7, 11) is -6.29. The normalized spacial score (nSPS) is 12.2. The zero-order chi connectivity index (χ0) is 21.3. The number of sulfone groups is 1. The van der Waals surface area contributed by atoms with E-state index in [4.69, 9.17) is 0 Å². The highest BCUT2D eigenvalue weighted by Gasteiger charge is 2.24. The minimum absolute atomic E-state index is 0.0381. The topological polar surface area (TPSA) is 101 Å². The molecule has 10 heteroatoms. The van der Waals surface area contributed by atoms with Crippen LogP contribution in [0.15, 0.2) is 46.2 Å². The van der Waals surface area contributed by atoms with Gasteiger partial charge in [-0.3, -0.25) is 4.79 Å². The van der Waals surface area contributed by atoms with Crippen molar-refractivity contribution in [3.05, 3.63) is 53.3 Å². The monoisotopic (exact) mass is 428 g/mol. The SMILES string of the molecule is Cc1ccc(S(=O)(=O)N(C)CC(=O)Nc2cc(S(C)(=O)=O)ccc2F)cc1C. The summed E-state index contributed by atoms with van der Waals surface area (Å²) in [5.41, 5.74) is 1.38. The van der Waals surface area contributed by atoms with E-state index in [1.165, 1.54) is 19.2 Å². The lowest BCUT2D eigenvalue weighted by Crippen LogP contribution is -2.35. The molecule has 152 valence electrons. The number of rotatable bonds is 6. The number of aryl methyl sites for hydroxylation is 2. The summed E-state index contributed by atoms with van der Waals surface area (Å²) in [5.74, 6) is -1.64. The number of carbonyl (C=O) groups is 1. The van der Waals surface area contributed by atoms with E-state index in [2.05, 4.69) is 5.32 Å². The number of hydrogen-bond acceptors (Lipinski definition) is 5. The number of anilines is 1. The van der Waals surface area contributed by atoms with Crippen LogP contribution in [0.1, 0.15) is 11.1 Å². The van der Waals surface area contributed by atoms with E-state index in [0.29, 0.717) is 0 Å². The molecular weight excluding hydrogens is 407 g/mol. The Bertz CT molecular complexity index is 1130. The first kappa shape index (κ1) is 22.0. The Morgan fingerprint density at radius 3 is 2.18 bits per heavy atom. The molecule has 2 aromatic carbocycles. The Balaban J connectivity index is 2.19. The van der Waals surface area contributed by atoms with Crippen LogP contribution < -0.4 is 5.32 Å². The van der Waals surface area contributed by atoms with E-state index in [1.807, 2.05) is 6.92 Å². The second-order valence-corrected chi connectivity index (χ2v) is 10.5. The molecule has 0 heterocycles. The van der Waals surface area contributed by atoms with E-state index < -0.39 is 38.1 Å². The van der Waals surface area contributed by atoms with E-state index in [1.54, 1.807) is 13.0 Å². The minimum Gasteiger partial charge on any atom is -0.322 e. The Morgan fingerprint density at radius 2 is 1.61 bits per heavy atom. The van der Waals surface area contributed by atoms with Gasteiger partial charge in [0.25, 0.3) is 0 Å². The predicted molar refractivity (Wildman–Crippen MR) is 104 cm³/mol. The average molecular weight is 429 g/mol. The lowest BCUT2D eigenvalue weighted by atomic mass is 10.1. The third kappa shape index (κ3) is 4.94. The molecule has 0 unspecified atom stereocenters. The summed E-state index contributed by atoms with van der Waals surface area (Å²) < 4.78 is 63.1. The van der Waals surface area contributed by atoms with Gasteiger partial charge in [-0.15, -0.1) is 0 Å². The molecule has 1 N–H and O–H groups in total. The highest BCUT2D eigenvalue weighted by atomic mass is 32.2. The van der Waals surface area contributed by atoms with Crippen LogP contribution in [0.4, 0.5) is 10.1 Å². The molecule has 0 bridgehead atoms. The standard InChI is InChI=1S/C18H21FN2O5S2/c1-12-5-6-15(9-13(12)2)28(25,26)21(3)11-18(22)20-17-10-14(27(4,23)24)7-8-16(17)19/h5-10H,11H2,1-4H3,(H,20,22). The molecule has 0 aliphatic carbocycles. The molecule has 1 amide bonds. The number of hydrogen-bond donors (Lipinski definition) is 1. The first-order valence-corrected chi connectivity index (χ1v) is 11.5. The highest BCUT2D eigenvalue weighted by molar-refractivity contribution is 7.90. The summed E-state index contributed by atoms with van der Waals surface area (Å²) in [6.07, 6.45) is 0.954. The van der Waals surface area contributed by atoms with Crippen LogP contribution >= 0.6 is 0 Å². The van der Waals surface area contributed by atoms with Crippen molar-refractivity contribution in [3.63, 3.8) is 0 Å². The smallest absolute Gasteiger partial charge is 0.243 e. The first-order chi connectivity index (χ1) is 12.8. The maximum Gasteiger partial charge on any atom is 0.243 e. The van der Waals surface area contributed by atoms with Crippen LogP contribution in [-0.2, 0) is 24.7 Å². The number of benzene rings is 2. The van der Waals surface area contributed by atoms with Crippen LogP contribution in [0.3, 0.4) is 0 Å². The van der Waals surface area contributed by atoms with Gasteiger partial charge in [0.15, 0.2) is 9.84 Å². The van der Waals surface area contributed by atoms with Crippen LogP contribution in [0, 0.1) is 19.7 Å². The lowest BCUT2D eigenvalue weighted by Gasteiger charge is -2.18. The summed E-state index contributed by atoms with van der Waals surface area (Å²) in [5, 5.41) is 2.21. The molecule has 7 nitrogen and oxygen atoms in total. The molecule has 0 spiro atoms. The van der Waals surface area contributed by atoms with E-state index in [0.717, 1.165) is 39.9 Å². The van der Waals surface area contributed by atoms with Gasteiger partial charge >= 0.3 is 0 Å². The molecule has 0 saturated heterocycles. The Morgan fingerprint density at radius 1 is 1.00 bits per heavy atom. The summed E-state index contributed by atoms with van der Waals surface area (Å²) in [6, 6.07) is 7.61.